The lowest BCUT2D eigenvalue weighted by Crippen LogP contribution is -2.03. The Morgan fingerprint density at radius 3 is 2.92 bits per heavy atom. The largest absolute Gasteiger partial charge is 0.488 e. The number of ether oxygens (including phenoxy) is 1. The zero-order valence-electron chi connectivity index (χ0n) is 6.46. The SMILES string of the molecule is Nc1ccc(F)c(OCCO)c1. The van der Waals surface area contributed by atoms with Crippen LogP contribution in [0.3, 0.4) is 0 Å². The Kier molecular flexibility index (Phi) is 2.88. The van der Waals surface area contributed by atoms with Gasteiger partial charge in [-0.3, -0.25) is 0 Å². The first-order valence-electron chi connectivity index (χ1n) is 3.52. The lowest BCUT2D eigenvalue weighted by atomic mass is 10.3. The molecule has 0 saturated heterocycles. The Labute approximate surface area is 69.6 Å². The lowest BCUT2D eigenvalue weighted by molar-refractivity contribution is 0.196. The quantitative estimate of drug-likeness (QED) is 0.661. The van der Waals surface area contributed by atoms with E-state index in [0.29, 0.717) is 5.69 Å². The molecule has 3 N–H and O–H groups in total. The van der Waals surface area contributed by atoms with Crippen molar-refractivity contribution in [3.05, 3.63) is 24.0 Å². The summed E-state index contributed by atoms with van der Waals surface area (Å²) in [6, 6.07) is 4.05. The van der Waals surface area contributed by atoms with Crippen LogP contribution >= 0.6 is 0 Å². The van der Waals surface area contributed by atoms with Crippen LogP contribution in [0, 0.1) is 5.82 Å². The Bertz CT molecular complexity index is 265. The van der Waals surface area contributed by atoms with Gasteiger partial charge in [-0.05, 0) is 12.1 Å². The van der Waals surface area contributed by atoms with Crippen LogP contribution in [0.15, 0.2) is 18.2 Å². The highest BCUT2D eigenvalue weighted by molar-refractivity contribution is 5.44. The zero-order valence-corrected chi connectivity index (χ0v) is 6.46. The predicted molar refractivity (Wildman–Crippen MR) is 43.4 cm³/mol. The molecule has 0 atom stereocenters. The number of benzene rings is 1. The summed E-state index contributed by atoms with van der Waals surface area (Å²) < 4.78 is 17.7. The van der Waals surface area contributed by atoms with Crippen molar-refractivity contribution in [3.8, 4) is 5.75 Å². The monoisotopic (exact) mass is 171 g/mol. The third-order valence-electron chi connectivity index (χ3n) is 1.30. The number of nitrogen functional groups attached to an aromatic ring is 1. The molecule has 66 valence electrons. The molecule has 0 amide bonds. The Morgan fingerprint density at radius 1 is 1.50 bits per heavy atom. The minimum absolute atomic E-state index is 0.0698. The maximum atomic E-state index is 12.8. The van der Waals surface area contributed by atoms with Gasteiger partial charge in [0.1, 0.15) is 6.61 Å². The van der Waals surface area contributed by atoms with E-state index in [2.05, 4.69) is 0 Å². The van der Waals surface area contributed by atoms with E-state index in [1.165, 1.54) is 18.2 Å². The van der Waals surface area contributed by atoms with E-state index in [0.717, 1.165) is 0 Å². The Balaban J connectivity index is 2.75. The molecule has 0 bridgehead atoms. The molecule has 0 unspecified atom stereocenters. The molecule has 0 heterocycles. The number of hydrogen-bond donors (Lipinski definition) is 2. The van der Waals surface area contributed by atoms with E-state index in [-0.39, 0.29) is 19.0 Å². The molecule has 0 fully saturated rings. The van der Waals surface area contributed by atoms with Crippen molar-refractivity contribution in [2.75, 3.05) is 18.9 Å². The van der Waals surface area contributed by atoms with Crippen LogP contribution < -0.4 is 10.5 Å². The molecule has 0 aromatic heterocycles. The van der Waals surface area contributed by atoms with Crippen molar-refractivity contribution in [1.29, 1.82) is 0 Å². The number of anilines is 1. The predicted octanol–water partition coefficient (Wildman–Crippen LogP) is 0.779. The standard InChI is InChI=1S/C8H10FNO2/c9-7-2-1-6(10)5-8(7)12-4-3-11/h1-2,5,11H,3-4,10H2. The molecule has 12 heavy (non-hydrogen) atoms. The number of aliphatic hydroxyl groups excluding tert-OH is 1. The Hall–Kier alpha value is -1.29. The maximum absolute atomic E-state index is 12.8. The zero-order chi connectivity index (χ0) is 8.97. The average molecular weight is 171 g/mol. The normalized spacial score (nSPS) is 9.83. The van der Waals surface area contributed by atoms with Gasteiger partial charge in [0.25, 0.3) is 0 Å². The van der Waals surface area contributed by atoms with Crippen LogP contribution in [0.4, 0.5) is 10.1 Å². The van der Waals surface area contributed by atoms with Gasteiger partial charge in [0.15, 0.2) is 11.6 Å². The number of rotatable bonds is 3. The van der Waals surface area contributed by atoms with Gasteiger partial charge in [-0.1, -0.05) is 0 Å². The molecule has 0 aliphatic heterocycles. The van der Waals surface area contributed by atoms with Gasteiger partial charge in [0.2, 0.25) is 0 Å². The first kappa shape index (κ1) is 8.80. The highest BCUT2D eigenvalue weighted by Gasteiger charge is 2.02. The molecular formula is C8H10FNO2. The highest BCUT2D eigenvalue weighted by Crippen LogP contribution is 2.19. The summed E-state index contributed by atoms with van der Waals surface area (Å²) >= 11 is 0. The molecule has 0 aliphatic carbocycles. The number of nitrogens with two attached hydrogens (primary N) is 1. The summed E-state index contributed by atoms with van der Waals surface area (Å²) in [7, 11) is 0. The smallest absolute Gasteiger partial charge is 0.165 e. The van der Waals surface area contributed by atoms with E-state index in [1.807, 2.05) is 0 Å². The van der Waals surface area contributed by atoms with Crippen LogP contribution in [0.2, 0.25) is 0 Å². The summed E-state index contributed by atoms with van der Waals surface area (Å²) in [5.74, 6) is -0.401. The first-order valence-corrected chi connectivity index (χ1v) is 3.52. The highest BCUT2D eigenvalue weighted by atomic mass is 19.1. The van der Waals surface area contributed by atoms with E-state index < -0.39 is 5.82 Å². The molecule has 0 radical (unpaired) electrons. The molecule has 1 aromatic rings. The summed E-state index contributed by atoms with van der Waals surface area (Å²) in [5, 5.41) is 8.41. The van der Waals surface area contributed by atoms with Gasteiger partial charge in [-0.25, -0.2) is 4.39 Å². The minimum atomic E-state index is -0.474. The molecule has 0 aliphatic rings. The van der Waals surface area contributed by atoms with Gasteiger partial charge in [0, 0.05) is 11.8 Å². The van der Waals surface area contributed by atoms with Gasteiger partial charge in [0.05, 0.1) is 6.61 Å². The van der Waals surface area contributed by atoms with E-state index >= 15 is 0 Å². The van der Waals surface area contributed by atoms with Crippen molar-refractivity contribution in [2.45, 2.75) is 0 Å². The molecule has 4 heteroatoms. The number of hydrogen-bond acceptors (Lipinski definition) is 3. The molecule has 1 rings (SSSR count). The van der Waals surface area contributed by atoms with E-state index in [9.17, 15) is 4.39 Å². The second kappa shape index (κ2) is 3.92. The lowest BCUT2D eigenvalue weighted by Gasteiger charge is -2.05. The van der Waals surface area contributed by atoms with Gasteiger partial charge >= 0.3 is 0 Å². The second-order valence-electron chi connectivity index (χ2n) is 2.26. The van der Waals surface area contributed by atoms with Crippen LogP contribution in [-0.2, 0) is 0 Å². The third-order valence-corrected chi connectivity index (χ3v) is 1.30. The Morgan fingerprint density at radius 2 is 2.25 bits per heavy atom. The first-order chi connectivity index (χ1) is 5.74. The summed E-state index contributed by atoms with van der Waals surface area (Å²) in [5.41, 5.74) is 5.82. The fraction of sp³-hybridized carbons (Fsp3) is 0.250. The molecule has 3 nitrogen and oxygen atoms in total. The summed E-state index contributed by atoms with van der Waals surface area (Å²) in [6.45, 7) is -0.0748. The molecule has 0 spiro atoms. The molecule has 1 aromatic carbocycles. The minimum Gasteiger partial charge on any atom is -0.488 e. The van der Waals surface area contributed by atoms with Gasteiger partial charge < -0.3 is 15.6 Å². The van der Waals surface area contributed by atoms with Crippen molar-refractivity contribution in [3.63, 3.8) is 0 Å². The van der Waals surface area contributed by atoms with Crippen molar-refractivity contribution in [1.82, 2.24) is 0 Å². The van der Waals surface area contributed by atoms with E-state index in [4.69, 9.17) is 15.6 Å². The topological polar surface area (TPSA) is 55.5 Å². The summed E-state index contributed by atoms with van der Waals surface area (Å²) in [4.78, 5) is 0. The fourth-order valence-corrected chi connectivity index (χ4v) is 0.786. The van der Waals surface area contributed by atoms with Crippen molar-refractivity contribution >= 4 is 5.69 Å². The average Bonchev–Trinajstić information content (AvgIpc) is 2.07. The summed E-state index contributed by atoms with van der Waals surface area (Å²) in [6.07, 6.45) is 0. The molecular weight excluding hydrogens is 161 g/mol. The van der Waals surface area contributed by atoms with Crippen LogP contribution in [0.5, 0.6) is 5.75 Å². The van der Waals surface area contributed by atoms with Crippen LogP contribution in [0.25, 0.3) is 0 Å². The fourth-order valence-electron chi connectivity index (χ4n) is 0.786. The third kappa shape index (κ3) is 2.10. The van der Waals surface area contributed by atoms with Gasteiger partial charge in [-0.15, -0.1) is 0 Å². The van der Waals surface area contributed by atoms with Gasteiger partial charge in [-0.2, -0.15) is 0 Å². The van der Waals surface area contributed by atoms with E-state index in [1.54, 1.807) is 0 Å². The second-order valence-corrected chi connectivity index (χ2v) is 2.26. The maximum Gasteiger partial charge on any atom is 0.165 e. The van der Waals surface area contributed by atoms with Crippen molar-refractivity contribution in [2.24, 2.45) is 0 Å². The number of aliphatic hydroxyl groups is 1. The number of halogens is 1. The van der Waals surface area contributed by atoms with Crippen molar-refractivity contribution < 1.29 is 14.2 Å². The van der Waals surface area contributed by atoms with Crippen LogP contribution in [0.1, 0.15) is 0 Å². The van der Waals surface area contributed by atoms with Crippen LogP contribution in [-0.4, -0.2) is 18.3 Å². The molecule has 0 saturated carbocycles.